The van der Waals surface area contributed by atoms with Gasteiger partial charge in [-0.15, -0.1) is 0 Å². The van der Waals surface area contributed by atoms with Gasteiger partial charge in [-0.1, -0.05) is 25.1 Å². The second-order valence-corrected chi connectivity index (χ2v) is 7.62. The molecule has 1 aromatic carbocycles. The quantitative estimate of drug-likeness (QED) is 0.845. The average Bonchev–Trinajstić information content (AvgIpc) is 3.42. The monoisotopic (exact) mass is 343 g/mol. The first kappa shape index (κ1) is 16.0. The van der Waals surface area contributed by atoms with Gasteiger partial charge in [0.25, 0.3) is 0 Å². The molecule has 128 valence electrons. The Balaban J connectivity index is 1.68. The SMILES string of the molecule is CC[C@@H]1CCCC[NH+]1Cn1nc(C2CC2)n(-c2ccccc2)c1=S. The molecule has 1 aliphatic heterocycles. The summed E-state index contributed by atoms with van der Waals surface area (Å²) in [5, 5.41) is 4.97. The minimum atomic E-state index is 0.589. The maximum absolute atomic E-state index is 5.84. The number of piperidine rings is 1. The summed E-state index contributed by atoms with van der Waals surface area (Å²) < 4.78 is 5.16. The maximum Gasteiger partial charge on any atom is 0.207 e. The van der Waals surface area contributed by atoms with Crippen LogP contribution >= 0.6 is 12.2 Å². The van der Waals surface area contributed by atoms with E-state index in [1.165, 1.54) is 45.1 Å². The summed E-state index contributed by atoms with van der Waals surface area (Å²) in [4.78, 5) is 1.65. The normalized spacial score (nSPS) is 24.2. The van der Waals surface area contributed by atoms with E-state index in [-0.39, 0.29) is 0 Å². The van der Waals surface area contributed by atoms with E-state index in [1.807, 2.05) is 0 Å². The molecule has 0 amide bonds. The molecule has 1 unspecified atom stereocenters. The molecule has 1 N–H and O–H groups in total. The maximum atomic E-state index is 5.84. The number of rotatable bonds is 5. The van der Waals surface area contributed by atoms with Crippen molar-refractivity contribution in [2.24, 2.45) is 0 Å². The summed E-state index contributed by atoms with van der Waals surface area (Å²) >= 11 is 5.84. The molecule has 0 spiro atoms. The number of aromatic nitrogens is 3. The number of nitrogens with one attached hydrogen (secondary N) is 1. The van der Waals surface area contributed by atoms with Gasteiger partial charge in [0, 0.05) is 11.6 Å². The molecule has 2 heterocycles. The van der Waals surface area contributed by atoms with Gasteiger partial charge in [-0.3, -0.25) is 4.57 Å². The van der Waals surface area contributed by atoms with Crippen molar-refractivity contribution in [1.82, 2.24) is 14.3 Å². The zero-order chi connectivity index (χ0) is 16.5. The molecule has 1 saturated heterocycles. The molecule has 2 aliphatic rings. The highest BCUT2D eigenvalue weighted by Gasteiger charge is 2.32. The highest BCUT2D eigenvalue weighted by molar-refractivity contribution is 7.71. The van der Waals surface area contributed by atoms with Crippen LogP contribution < -0.4 is 4.90 Å². The van der Waals surface area contributed by atoms with Crippen LogP contribution in [0.2, 0.25) is 0 Å². The minimum absolute atomic E-state index is 0.589. The number of hydrogen-bond acceptors (Lipinski definition) is 2. The number of hydrogen-bond donors (Lipinski definition) is 1. The first-order valence-electron chi connectivity index (χ1n) is 9.37. The molecule has 2 atom stereocenters. The zero-order valence-electron chi connectivity index (χ0n) is 14.4. The van der Waals surface area contributed by atoms with Crippen molar-refractivity contribution >= 4 is 12.2 Å². The fourth-order valence-corrected chi connectivity index (χ4v) is 4.30. The third kappa shape index (κ3) is 3.07. The van der Waals surface area contributed by atoms with E-state index in [1.54, 1.807) is 4.90 Å². The van der Waals surface area contributed by atoms with Crippen LogP contribution in [0.25, 0.3) is 5.69 Å². The van der Waals surface area contributed by atoms with Crippen molar-refractivity contribution in [3.8, 4) is 5.69 Å². The molecule has 2 fully saturated rings. The Morgan fingerprint density at radius 2 is 1.96 bits per heavy atom. The van der Waals surface area contributed by atoms with Gasteiger partial charge in [0.15, 0.2) is 6.67 Å². The molecule has 0 radical (unpaired) electrons. The Hall–Kier alpha value is -1.46. The van der Waals surface area contributed by atoms with Crippen molar-refractivity contribution < 1.29 is 4.90 Å². The van der Waals surface area contributed by atoms with Gasteiger partial charge >= 0.3 is 0 Å². The Morgan fingerprint density at radius 3 is 2.67 bits per heavy atom. The lowest BCUT2D eigenvalue weighted by molar-refractivity contribution is -0.953. The Labute approximate surface area is 149 Å². The fraction of sp³-hybridized carbons (Fsp3) is 0.579. The van der Waals surface area contributed by atoms with Crippen LogP contribution in [0.3, 0.4) is 0 Å². The third-order valence-electron chi connectivity index (χ3n) is 5.54. The summed E-state index contributed by atoms with van der Waals surface area (Å²) in [6.45, 7) is 4.47. The summed E-state index contributed by atoms with van der Waals surface area (Å²) in [5.41, 5.74) is 1.15. The minimum Gasteiger partial charge on any atom is -0.314 e. The van der Waals surface area contributed by atoms with E-state index in [0.29, 0.717) is 5.92 Å². The van der Waals surface area contributed by atoms with Gasteiger partial charge < -0.3 is 4.90 Å². The fourth-order valence-electron chi connectivity index (χ4n) is 4.00. The Bertz CT molecular complexity index is 744. The Morgan fingerprint density at radius 1 is 1.17 bits per heavy atom. The van der Waals surface area contributed by atoms with E-state index in [4.69, 9.17) is 17.3 Å². The van der Waals surface area contributed by atoms with Crippen LogP contribution in [-0.4, -0.2) is 26.9 Å². The second-order valence-electron chi connectivity index (χ2n) is 7.25. The van der Waals surface area contributed by atoms with Crippen LogP contribution in [0.5, 0.6) is 0 Å². The van der Waals surface area contributed by atoms with Crippen LogP contribution in [0.15, 0.2) is 30.3 Å². The molecule has 1 aliphatic carbocycles. The molecule has 5 heteroatoms. The molecule has 1 saturated carbocycles. The molecular formula is C19H27N4S+. The van der Waals surface area contributed by atoms with Gasteiger partial charge in [0.2, 0.25) is 4.77 Å². The van der Waals surface area contributed by atoms with Gasteiger partial charge in [-0.05, 0) is 62.9 Å². The molecular weight excluding hydrogens is 316 g/mol. The van der Waals surface area contributed by atoms with E-state index >= 15 is 0 Å². The van der Waals surface area contributed by atoms with Crippen molar-refractivity contribution in [1.29, 1.82) is 0 Å². The number of benzene rings is 1. The lowest BCUT2D eigenvalue weighted by Crippen LogP contribution is -3.15. The first-order valence-corrected chi connectivity index (χ1v) is 9.78. The standard InChI is InChI=1S/C19H26N4S/c1-2-16-8-6-7-13-21(16)14-22-19(24)23(17-9-4-3-5-10-17)18(20-22)15-11-12-15/h3-5,9-10,15-16H,2,6-8,11-14H2,1H3/p+1/t16-/m1/s1. The molecule has 2 aromatic rings. The lowest BCUT2D eigenvalue weighted by Gasteiger charge is -2.31. The van der Waals surface area contributed by atoms with Crippen molar-refractivity contribution in [2.75, 3.05) is 6.54 Å². The van der Waals surface area contributed by atoms with Crippen LogP contribution in [0.1, 0.15) is 57.2 Å². The third-order valence-corrected chi connectivity index (χ3v) is 5.94. The van der Waals surface area contributed by atoms with Gasteiger partial charge in [0.05, 0.1) is 12.6 Å². The molecule has 0 bridgehead atoms. The number of para-hydroxylation sites is 1. The highest BCUT2D eigenvalue weighted by atomic mass is 32.1. The van der Waals surface area contributed by atoms with Crippen molar-refractivity contribution in [3.05, 3.63) is 40.9 Å². The molecule has 24 heavy (non-hydrogen) atoms. The summed E-state index contributed by atoms with van der Waals surface area (Å²) in [6.07, 6.45) is 7.78. The number of likely N-dealkylation sites (tertiary alicyclic amines) is 1. The number of nitrogens with zero attached hydrogens (tertiary/aromatic N) is 3. The topological polar surface area (TPSA) is 27.2 Å². The van der Waals surface area contributed by atoms with Gasteiger partial charge in [-0.2, -0.15) is 9.78 Å². The molecule has 4 rings (SSSR count). The predicted molar refractivity (Wildman–Crippen MR) is 98.1 cm³/mol. The van der Waals surface area contributed by atoms with Crippen LogP contribution in [-0.2, 0) is 6.67 Å². The van der Waals surface area contributed by atoms with Gasteiger partial charge in [0.1, 0.15) is 5.82 Å². The molecule has 1 aromatic heterocycles. The van der Waals surface area contributed by atoms with Crippen LogP contribution in [0.4, 0.5) is 0 Å². The smallest absolute Gasteiger partial charge is 0.207 e. The largest absolute Gasteiger partial charge is 0.314 e. The summed E-state index contributed by atoms with van der Waals surface area (Å²) in [5.74, 6) is 1.75. The highest BCUT2D eigenvalue weighted by Crippen LogP contribution is 2.40. The van der Waals surface area contributed by atoms with E-state index < -0.39 is 0 Å². The summed E-state index contributed by atoms with van der Waals surface area (Å²) in [6, 6.07) is 11.2. The average molecular weight is 344 g/mol. The Kier molecular flexibility index (Phi) is 4.55. The molecule has 4 nitrogen and oxygen atoms in total. The predicted octanol–water partition coefficient (Wildman–Crippen LogP) is 3.09. The first-order chi connectivity index (χ1) is 11.8. The number of quaternary nitrogens is 1. The summed E-state index contributed by atoms with van der Waals surface area (Å²) in [7, 11) is 0. The van der Waals surface area contributed by atoms with E-state index in [9.17, 15) is 0 Å². The zero-order valence-corrected chi connectivity index (χ0v) is 15.3. The lowest BCUT2D eigenvalue weighted by atomic mass is 10.0. The van der Waals surface area contributed by atoms with Gasteiger partial charge in [-0.25, -0.2) is 0 Å². The van der Waals surface area contributed by atoms with E-state index in [0.717, 1.165) is 29.0 Å². The van der Waals surface area contributed by atoms with E-state index in [2.05, 4.69) is 46.5 Å². The van der Waals surface area contributed by atoms with Crippen molar-refractivity contribution in [2.45, 2.75) is 64.1 Å². The van der Waals surface area contributed by atoms with Crippen LogP contribution in [0, 0.1) is 4.77 Å². The second kappa shape index (κ2) is 6.81. The van der Waals surface area contributed by atoms with Crippen molar-refractivity contribution in [3.63, 3.8) is 0 Å².